The third-order valence-corrected chi connectivity index (χ3v) is 6.35. The van der Waals surface area contributed by atoms with Gasteiger partial charge in [-0.15, -0.1) is 0 Å². The zero-order valence-electron chi connectivity index (χ0n) is 14.3. The number of carbonyl (C=O) groups excluding carboxylic acids is 1. The molecule has 6 heteroatoms. The fraction of sp³-hybridized carbons (Fsp3) is 0.944. The number of likely N-dealkylation sites (tertiary alicyclic amines) is 1. The van der Waals surface area contributed by atoms with E-state index < -0.39 is 6.17 Å². The summed E-state index contributed by atoms with van der Waals surface area (Å²) in [5.41, 5.74) is -0.0559. The lowest BCUT2D eigenvalue weighted by molar-refractivity contribution is -0.140. The summed E-state index contributed by atoms with van der Waals surface area (Å²) in [6.07, 6.45) is 2.18. The number of rotatable bonds is 5. The van der Waals surface area contributed by atoms with Gasteiger partial charge in [0.05, 0.1) is 19.8 Å². The van der Waals surface area contributed by atoms with Crippen LogP contribution in [0.15, 0.2) is 0 Å². The molecule has 3 saturated heterocycles. The van der Waals surface area contributed by atoms with Gasteiger partial charge in [0.25, 0.3) is 0 Å². The zero-order chi connectivity index (χ0) is 16.6. The van der Waals surface area contributed by atoms with Crippen LogP contribution >= 0.6 is 0 Å². The van der Waals surface area contributed by atoms with E-state index in [9.17, 15) is 9.18 Å². The third kappa shape index (κ3) is 3.20. The average Bonchev–Trinajstić information content (AvgIpc) is 3.09. The highest BCUT2D eigenvalue weighted by Gasteiger charge is 2.53. The first-order valence-electron chi connectivity index (χ1n) is 9.32. The van der Waals surface area contributed by atoms with Gasteiger partial charge in [0.1, 0.15) is 6.17 Å². The molecule has 3 aliphatic heterocycles. The van der Waals surface area contributed by atoms with E-state index in [0.717, 1.165) is 39.2 Å². The van der Waals surface area contributed by atoms with Crippen LogP contribution in [0.2, 0.25) is 0 Å². The van der Waals surface area contributed by atoms with Crippen molar-refractivity contribution < 1.29 is 23.4 Å². The number of nitrogens with zero attached hydrogens (tertiary/aromatic N) is 1. The Hall–Kier alpha value is -0.720. The van der Waals surface area contributed by atoms with E-state index in [4.69, 9.17) is 14.2 Å². The first-order valence-corrected chi connectivity index (χ1v) is 9.32. The molecule has 0 bridgehead atoms. The minimum absolute atomic E-state index is 0.0559. The lowest BCUT2D eigenvalue weighted by atomic mass is 9.81. The van der Waals surface area contributed by atoms with E-state index in [-0.39, 0.29) is 17.2 Å². The zero-order valence-corrected chi connectivity index (χ0v) is 14.3. The van der Waals surface area contributed by atoms with Gasteiger partial charge in [-0.1, -0.05) is 0 Å². The van der Waals surface area contributed by atoms with Crippen molar-refractivity contribution >= 4 is 5.91 Å². The lowest BCUT2D eigenvalue weighted by Crippen LogP contribution is -2.43. The Morgan fingerprint density at radius 2 is 2.04 bits per heavy atom. The molecule has 3 heterocycles. The monoisotopic (exact) mass is 341 g/mol. The van der Waals surface area contributed by atoms with Crippen molar-refractivity contribution in [1.29, 1.82) is 0 Å². The van der Waals surface area contributed by atoms with Crippen LogP contribution in [0.1, 0.15) is 25.7 Å². The second-order valence-corrected chi connectivity index (χ2v) is 8.13. The van der Waals surface area contributed by atoms with Gasteiger partial charge < -0.3 is 19.1 Å². The first kappa shape index (κ1) is 16.7. The average molecular weight is 341 g/mol. The highest BCUT2D eigenvalue weighted by Crippen LogP contribution is 2.43. The summed E-state index contributed by atoms with van der Waals surface area (Å²) < 4.78 is 30.2. The number of carbonyl (C=O) groups is 1. The van der Waals surface area contributed by atoms with Crippen LogP contribution in [0.5, 0.6) is 0 Å². The first-order chi connectivity index (χ1) is 11.7. The van der Waals surface area contributed by atoms with Crippen LogP contribution in [0.4, 0.5) is 4.39 Å². The molecule has 0 aromatic carbocycles. The Morgan fingerprint density at radius 3 is 2.79 bits per heavy atom. The van der Waals surface area contributed by atoms with Gasteiger partial charge in [0, 0.05) is 50.2 Å². The number of halogens is 1. The highest BCUT2D eigenvalue weighted by molar-refractivity contribution is 5.80. The largest absolute Gasteiger partial charge is 0.381 e. The SMILES string of the molecule is O=C(C1CC(F)C1)N1C[C@@H]2COC[C@]2(COCC2CCOCC2)C1. The van der Waals surface area contributed by atoms with Gasteiger partial charge in [0.2, 0.25) is 5.91 Å². The summed E-state index contributed by atoms with van der Waals surface area (Å²) in [5, 5.41) is 0. The van der Waals surface area contributed by atoms with Gasteiger partial charge in [0.15, 0.2) is 0 Å². The van der Waals surface area contributed by atoms with E-state index in [1.54, 1.807) is 0 Å². The predicted molar refractivity (Wildman–Crippen MR) is 85.3 cm³/mol. The van der Waals surface area contributed by atoms with Crippen molar-refractivity contribution in [2.75, 3.05) is 52.7 Å². The molecule has 4 rings (SSSR count). The maximum atomic E-state index is 13.0. The lowest BCUT2D eigenvalue weighted by Gasteiger charge is -2.33. The van der Waals surface area contributed by atoms with Crippen LogP contribution in [-0.4, -0.2) is 69.7 Å². The van der Waals surface area contributed by atoms with Crippen molar-refractivity contribution in [1.82, 2.24) is 4.90 Å². The van der Waals surface area contributed by atoms with E-state index in [1.807, 2.05) is 4.90 Å². The van der Waals surface area contributed by atoms with E-state index in [2.05, 4.69) is 0 Å². The second kappa shape index (κ2) is 6.89. The summed E-state index contributed by atoms with van der Waals surface area (Å²) in [4.78, 5) is 14.5. The molecule has 0 unspecified atom stereocenters. The molecule has 0 spiro atoms. The van der Waals surface area contributed by atoms with Crippen LogP contribution in [-0.2, 0) is 19.0 Å². The predicted octanol–water partition coefficient (Wildman–Crippen LogP) is 1.65. The van der Waals surface area contributed by atoms with Crippen molar-refractivity contribution in [2.45, 2.75) is 31.9 Å². The number of ether oxygens (including phenoxy) is 3. The second-order valence-electron chi connectivity index (χ2n) is 8.13. The fourth-order valence-corrected chi connectivity index (χ4v) is 4.55. The van der Waals surface area contributed by atoms with Gasteiger partial charge in [-0.3, -0.25) is 4.79 Å². The fourth-order valence-electron chi connectivity index (χ4n) is 4.55. The highest BCUT2D eigenvalue weighted by atomic mass is 19.1. The summed E-state index contributed by atoms with van der Waals surface area (Å²) in [6.45, 7) is 5.94. The van der Waals surface area contributed by atoms with Gasteiger partial charge in [-0.2, -0.15) is 0 Å². The van der Waals surface area contributed by atoms with E-state index >= 15 is 0 Å². The standard InChI is InChI=1S/C18H28FNO4/c19-16-5-14(6-16)17(21)20-7-15-9-24-12-18(15,10-20)11-23-8-13-1-3-22-4-2-13/h13-16H,1-12H2/t14?,15-,16?,18-/m1/s1. The summed E-state index contributed by atoms with van der Waals surface area (Å²) in [6, 6.07) is 0. The smallest absolute Gasteiger partial charge is 0.225 e. The maximum Gasteiger partial charge on any atom is 0.225 e. The Morgan fingerprint density at radius 1 is 1.25 bits per heavy atom. The molecule has 4 aliphatic rings. The van der Waals surface area contributed by atoms with Crippen molar-refractivity contribution in [3.05, 3.63) is 0 Å². The molecule has 5 nitrogen and oxygen atoms in total. The molecule has 2 atom stereocenters. The van der Waals surface area contributed by atoms with Gasteiger partial charge in [-0.05, 0) is 31.6 Å². The molecule has 0 N–H and O–H groups in total. The number of alkyl halides is 1. The molecule has 136 valence electrons. The molecule has 24 heavy (non-hydrogen) atoms. The number of hydrogen-bond donors (Lipinski definition) is 0. The minimum Gasteiger partial charge on any atom is -0.381 e. The van der Waals surface area contributed by atoms with Crippen LogP contribution in [0.25, 0.3) is 0 Å². The normalized spacial score (nSPS) is 39.7. The Labute approximate surface area is 142 Å². The number of amides is 1. The Kier molecular flexibility index (Phi) is 4.80. The maximum absolute atomic E-state index is 13.0. The van der Waals surface area contributed by atoms with Gasteiger partial charge in [-0.25, -0.2) is 4.39 Å². The molecular formula is C18H28FNO4. The summed E-state index contributed by atoms with van der Waals surface area (Å²) >= 11 is 0. The third-order valence-electron chi connectivity index (χ3n) is 6.35. The van der Waals surface area contributed by atoms with E-state index in [1.165, 1.54) is 0 Å². The van der Waals surface area contributed by atoms with E-state index in [0.29, 0.717) is 51.0 Å². The van der Waals surface area contributed by atoms with Crippen molar-refractivity contribution in [2.24, 2.45) is 23.2 Å². The van der Waals surface area contributed by atoms with Gasteiger partial charge >= 0.3 is 0 Å². The molecule has 1 aliphatic carbocycles. The molecule has 0 aromatic rings. The molecule has 4 fully saturated rings. The number of fused-ring (bicyclic) bond motifs is 1. The van der Waals surface area contributed by atoms with Crippen LogP contribution in [0.3, 0.4) is 0 Å². The molecule has 0 radical (unpaired) electrons. The molecule has 1 saturated carbocycles. The molecular weight excluding hydrogens is 313 g/mol. The van der Waals surface area contributed by atoms with Crippen LogP contribution < -0.4 is 0 Å². The Balaban J connectivity index is 1.30. The molecule has 1 amide bonds. The molecule has 0 aromatic heterocycles. The minimum atomic E-state index is -0.777. The Bertz CT molecular complexity index is 464. The topological polar surface area (TPSA) is 48.0 Å². The van der Waals surface area contributed by atoms with Crippen LogP contribution in [0, 0.1) is 23.2 Å². The summed E-state index contributed by atoms with van der Waals surface area (Å²) in [7, 11) is 0. The summed E-state index contributed by atoms with van der Waals surface area (Å²) in [5.74, 6) is 0.992. The number of hydrogen-bond acceptors (Lipinski definition) is 4. The quantitative estimate of drug-likeness (QED) is 0.763. The van der Waals surface area contributed by atoms with Crippen molar-refractivity contribution in [3.8, 4) is 0 Å². The van der Waals surface area contributed by atoms with Crippen molar-refractivity contribution in [3.63, 3.8) is 0 Å².